The third-order valence-electron chi connectivity index (χ3n) is 3.23. The molecule has 0 saturated heterocycles. The van der Waals surface area contributed by atoms with Crippen LogP contribution in [0.15, 0.2) is 48.5 Å². The molecule has 0 radical (unpaired) electrons. The second-order valence-electron chi connectivity index (χ2n) is 4.50. The third kappa shape index (κ3) is 1.88. The van der Waals surface area contributed by atoms with Gasteiger partial charge in [-0.25, -0.2) is 4.98 Å². The van der Waals surface area contributed by atoms with Gasteiger partial charge in [-0.15, -0.1) is 22.7 Å². The molecule has 4 heteroatoms. The van der Waals surface area contributed by atoms with Gasteiger partial charge in [0.2, 0.25) is 0 Å². The number of aromatic nitrogens is 1. The van der Waals surface area contributed by atoms with Crippen LogP contribution in [0.5, 0.6) is 5.75 Å². The summed E-state index contributed by atoms with van der Waals surface area (Å²) in [5, 5.41) is 2.33. The van der Waals surface area contributed by atoms with Crippen molar-refractivity contribution in [3.8, 4) is 15.6 Å². The van der Waals surface area contributed by atoms with Crippen LogP contribution >= 0.6 is 22.7 Å². The number of ether oxygens (including phenoxy) is 1. The fourth-order valence-electron chi connectivity index (χ4n) is 2.22. The summed E-state index contributed by atoms with van der Waals surface area (Å²) < 4.78 is 7.75. The highest BCUT2D eigenvalue weighted by Crippen LogP contribution is 2.38. The molecular formula is C16H11NOS2. The van der Waals surface area contributed by atoms with Gasteiger partial charge in [0.1, 0.15) is 10.8 Å². The van der Waals surface area contributed by atoms with Crippen LogP contribution in [0, 0.1) is 0 Å². The highest BCUT2D eigenvalue weighted by atomic mass is 32.1. The average molecular weight is 297 g/mol. The van der Waals surface area contributed by atoms with Crippen LogP contribution in [0.4, 0.5) is 0 Å². The molecular weight excluding hydrogens is 286 g/mol. The zero-order chi connectivity index (χ0) is 13.5. The minimum absolute atomic E-state index is 0.898. The van der Waals surface area contributed by atoms with Gasteiger partial charge >= 0.3 is 0 Å². The topological polar surface area (TPSA) is 22.1 Å². The number of fused-ring (bicyclic) bond motifs is 2. The minimum atomic E-state index is 0.898. The lowest BCUT2D eigenvalue weighted by molar-refractivity contribution is 0.415. The molecule has 0 unspecified atom stereocenters. The summed E-state index contributed by atoms with van der Waals surface area (Å²) >= 11 is 3.51. The Bertz CT molecular complexity index is 874. The van der Waals surface area contributed by atoms with E-state index in [0.29, 0.717) is 0 Å². The average Bonchev–Trinajstić information content (AvgIpc) is 3.09. The summed E-state index contributed by atoms with van der Waals surface area (Å²) in [6.07, 6.45) is 0. The highest BCUT2D eigenvalue weighted by molar-refractivity contribution is 7.28. The largest absolute Gasteiger partial charge is 0.497 e. The minimum Gasteiger partial charge on any atom is -0.497 e. The number of hydrogen-bond acceptors (Lipinski definition) is 4. The Labute approximate surface area is 124 Å². The molecule has 2 aromatic heterocycles. The first-order chi connectivity index (χ1) is 9.83. The van der Waals surface area contributed by atoms with Crippen molar-refractivity contribution in [2.24, 2.45) is 0 Å². The smallest absolute Gasteiger partial charge is 0.134 e. The molecule has 0 aliphatic heterocycles. The summed E-state index contributed by atoms with van der Waals surface area (Å²) in [5.74, 6) is 0.898. The molecule has 4 aromatic rings. The van der Waals surface area contributed by atoms with E-state index in [-0.39, 0.29) is 0 Å². The maximum Gasteiger partial charge on any atom is 0.134 e. The molecule has 0 aliphatic carbocycles. The Morgan fingerprint density at radius 1 is 0.950 bits per heavy atom. The molecule has 0 spiro atoms. The molecule has 2 heterocycles. The number of methoxy groups -OCH3 is 1. The van der Waals surface area contributed by atoms with Gasteiger partial charge in [0.15, 0.2) is 0 Å². The van der Waals surface area contributed by atoms with Crippen LogP contribution in [0.3, 0.4) is 0 Å². The zero-order valence-electron chi connectivity index (χ0n) is 10.8. The van der Waals surface area contributed by atoms with E-state index in [1.54, 1.807) is 29.8 Å². The van der Waals surface area contributed by atoms with E-state index in [1.807, 2.05) is 12.1 Å². The normalized spacial score (nSPS) is 11.2. The number of thiophene rings is 1. The predicted octanol–water partition coefficient (Wildman–Crippen LogP) is 5.19. The van der Waals surface area contributed by atoms with Crippen LogP contribution < -0.4 is 4.74 Å². The van der Waals surface area contributed by atoms with Gasteiger partial charge in [-0.2, -0.15) is 0 Å². The van der Waals surface area contributed by atoms with Gasteiger partial charge in [-0.05, 0) is 41.8 Å². The first-order valence-electron chi connectivity index (χ1n) is 6.27. The Kier molecular flexibility index (Phi) is 2.72. The number of benzene rings is 2. The highest BCUT2D eigenvalue weighted by Gasteiger charge is 2.10. The van der Waals surface area contributed by atoms with Gasteiger partial charge in [-0.3, -0.25) is 0 Å². The van der Waals surface area contributed by atoms with Crippen LogP contribution in [0.1, 0.15) is 0 Å². The van der Waals surface area contributed by atoms with E-state index in [4.69, 9.17) is 9.72 Å². The van der Waals surface area contributed by atoms with E-state index in [1.165, 1.54) is 19.7 Å². The van der Waals surface area contributed by atoms with Crippen molar-refractivity contribution in [1.82, 2.24) is 4.98 Å². The van der Waals surface area contributed by atoms with Crippen LogP contribution in [-0.4, -0.2) is 12.1 Å². The van der Waals surface area contributed by atoms with E-state index >= 15 is 0 Å². The molecule has 0 fully saturated rings. The standard InChI is InChI=1S/C16H11NOS2/c1-18-11-7-6-10-8-15(19-14(10)9-11)16-17-12-4-2-3-5-13(12)20-16/h2-9H,1H3. The third-order valence-corrected chi connectivity index (χ3v) is 5.54. The van der Waals surface area contributed by atoms with Gasteiger partial charge < -0.3 is 4.74 Å². The van der Waals surface area contributed by atoms with Crippen LogP contribution in [0.25, 0.3) is 30.2 Å². The van der Waals surface area contributed by atoms with Gasteiger partial charge in [0.25, 0.3) is 0 Å². The molecule has 0 amide bonds. The SMILES string of the molecule is COc1ccc2cc(-c3nc4ccccc4s3)sc2c1. The molecule has 98 valence electrons. The van der Waals surface area contributed by atoms with Crippen molar-refractivity contribution in [3.05, 3.63) is 48.5 Å². The molecule has 0 aliphatic rings. The van der Waals surface area contributed by atoms with Gasteiger partial charge in [0, 0.05) is 4.70 Å². The fourth-order valence-corrected chi connectivity index (χ4v) is 4.32. The molecule has 0 N–H and O–H groups in total. The van der Waals surface area contributed by atoms with E-state index in [9.17, 15) is 0 Å². The molecule has 2 aromatic carbocycles. The molecule has 20 heavy (non-hydrogen) atoms. The number of para-hydroxylation sites is 1. The second kappa shape index (κ2) is 4.58. The number of nitrogens with zero attached hydrogens (tertiary/aromatic N) is 1. The van der Waals surface area contributed by atoms with Crippen LogP contribution in [-0.2, 0) is 0 Å². The van der Waals surface area contributed by atoms with Gasteiger partial charge in [0.05, 0.1) is 22.2 Å². The van der Waals surface area contributed by atoms with Crippen molar-refractivity contribution >= 4 is 43.0 Å². The van der Waals surface area contributed by atoms with E-state index < -0.39 is 0 Å². The number of rotatable bonds is 2. The maximum absolute atomic E-state index is 5.28. The summed E-state index contributed by atoms with van der Waals surface area (Å²) in [7, 11) is 1.70. The quantitative estimate of drug-likeness (QED) is 0.508. The van der Waals surface area contributed by atoms with Crippen molar-refractivity contribution in [2.75, 3.05) is 7.11 Å². The molecule has 2 nitrogen and oxygen atoms in total. The van der Waals surface area contributed by atoms with Gasteiger partial charge in [-0.1, -0.05) is 12.1 Å². The monoisotopic (exact) mass is 297 g/mol. The lowest BCUT2D eigenvalue weighted by atomic mass is 10.2. The summed E-state index contributed by atoms with van der Waals surface area (Å²) in [6.45, 7) is 0. The molecule has 0 bridgehead atoms. The number of hydrogen-bond donors (Lipinski definition) is 0. The molecule has 0 atom stereocenters. The number of thiazole rings is 1. The summed E-state index contributed by atoms with van der Waals surface area (Å²) in [5.41, 5.74) is 1.07. The Balaban J connectivity index is 1.88. The maximum atomic E-state index is 5.28. The lowest BCUT2D eigenvalue weighted by Crippen LogP contribution is -1.79. The summed E-state index contributed by atoms with van der Waals surface area (Å²) in [4.78, 5) is 5.94. The molecule has 4 rings (SSSR count). The van der Waals surface area contributed by atoms with Crippen molar-refractivity contribution in [2.45, 2.75) is 0 Å². The van der Waals surface area contributed by atoms with Crippen LogP contribution in [0.2, 0.25) is 0 Å². The van der Waals surface area contributed by atoms with Crippen molar-refractivity contribution < 1.29 is 4.74 Å². The Morgan fingerprint density at radius 3 is 2.70 bits per heavy atom. The predicted molar refractivity (Wildman–Crippen MR) is 87.0 cm³/mol. The zero-order valence-corrected chi connectivity index (χ0v) is 12.4. The fraction of sp³-hybridized carbons (Fsp3) is 0.0625. The second-order valence-corrected chi connectivity index (χ2v) is 6.62. The Morgan fingerprint density at radius 2 is 1.85 bits per heavy atom. The first kappa shape index (κ1) is 11.9. The first-order valence-corrected chi connectivity index (χ1v) is 7.90. The van der Waals surface area contributed by atoms with Crippen molar-refractivity contribution in [3.63, 3.8) is 0 Å². The van der Waals surface area contributed by atoms with E-state index in [0.717, 1.165) is 16.3 Å². The summed E-state index contributed by atoms with van der Waals surface area (Å²) in [6, 6.07) is 16.6. The van der Waals surface area contributed by atoms with E-state index in [2.05, 4.69) is 36.4 Å². The van der Waals surface area contributed by atoms with Crippen molar-refractivity contribution in [1.29, 1.82) is 0 Å². The lowest BCUT2D eigenvalue weighted by Gasteiger charge is -1.97. The Hall–Kier alpha value is -1.91. The molecule has 0 saturated carbocycles.